The molecule has 8 aromatic rings. The summed E-state index contributed by atoms with van der Waals surface area (Å²) in [6.45, 7) is 20.2. The van der Waals surface area contributed by atoms with Crippen LogP contribution in [0.2, 0.25) is 20.2 Å². The van der Waals surface area contributed by atoms with Crippen molar-refractivity contribution in [3.05, 3.63) is 184 Å². The average Bonchev–Trinajstić information content (AvgIpc) is 1.56. The standard InChI is InChI=1S/C24H30ClN7O2.C23H30ClN7O.C22H28ClN7O.C22H27ClN6O2/c1-13-20(26)24(12-34-13)6-9-32(10-7-24)23-30-16-11-28-19(17(16)22(33)31(23)2)15-5-8-27-21(18(15)25)29-14-3-4-14;1-13-10-16(25)23(11-13)5-8-31(9-6-23)22-29-15-12-28-19(17(15)21(32)30(22)3)14-4-7-27-20(26-2)18(14)24;1-12-9-15(24)22(10-12)4-7-30(8-5-22)21-28-14-11-27-18(16(14)20(31)29(21)2)13-3-6-26-19(25)17(13)23;1-12-14(4-7-25-19(12)23)17-16-15(10-26-17)27-21(28(3)20(16)30)29-8-5-22(6-9-29)11-31-13(2)18(22)24/h5,8,13-14,20H,3-4,6-7,9-12,26H2,1-2H3,(H,27,29);4,7,13,16H,5-6,8-12,25H2,1-3H3,(H,26,27);3,6,12,15H,4-5,7-11,24H2,1-2H3,(H2,25,26);4,7,13,18H,5-6,8-11,24H2,1-3H3/t13-,20+;13-,16+;12-,15+;13-,18+/m0000/s1. The number of hydrogen-bond donors (Lipinski definition) is 7. The SMILES string of the molecule is CNc1nccc(C2=NCc3nc(N4CCC5(CC4)C[C@@H](C)C[C@H]5N)n(C)c(=O)c32)c1Cl.C[C@@H]1OCC2(CCN(c3nc4c(c(=O)n3C)C(c3ccnc(NC5CC5)c3Cl)=NC4)CC2)[C@@H]1N.C[C@H]1C[C@@H](N)C2(CCN(c3nc4c(c(=O)n3C)C(c3ccnc(N)c3Cl)=NC4)CC2)C1.Cc1c(C2=NCc3nc(N4CCC5(CC4)CO[C@@H](C)[C@H]5N)n(C)c(=O)c32)ccnc1Cl. The number of nitrogens with two attached hydrogens (primary N) is 5. The maximum atomic E-state index is 13.5. The average molecular weight is 1820 g/mol. The molecule has 21 rings (SSSR count). The van der Waals surface area contributed by atoms with Gasteiger partial charge >= 0.3 is 0 Å². The Morgan fingerprint density at radius 3 is 1.07 bits per heavy atom. The first-order valence-electron chi connectivity index (χ1n) is 45.0. The topological polar surface area (TPSA) is 426 Å². The lowest BCUT2D eigenvalue weighted by molar-refractivity contribution is 0.0972. The van der Waals surface area contributed by atoms with E-state index in [4.69, 9.17) is 104 Å². The van der Waals surface area contributed by atoms with Crippen molar-refractivity contribution in [3.8, 4) is 0 Å². The molecule has 37 heteroatoms. The molecular weight excluding hydrogens is 1710 g/mol. The molecule has 0 bridgehead atoms. The van der Waals surface area contributed by atoms with Gasteiger partial charge in [0.15, 0.2) is 0 Å². The number of fused-ring (bicyclic) bond motifs is 4. The number of nitrogen functional groups attached to an aromatic ring is 1. The van der Waals surface area contributed by atoms with Crippen molar-refractivity contribution in [1.29, 1.82) is 0 Å². The van der Waals surface area contributed by atoms with E-state index in [1.807, 2.05) is 26.0 Å². The molecule has 3 saturated carbocycles. The normalized spacial score (nSPS) is 24.7. The molecule has 13 aliphatic rings. The maximum Gasteiger partial charge on any atom is 0.264 e. The molecule has 9 fully saturated rings. The Balaban J connectivity index is 0.000000115. The van der Waals surface area contributed by atoms with E-state index in [1.165, 1.54) is 12.8 Å². The Morgan fingerprint density at radius 1 is 0.430 bits per heavy atom. The van der Waals surface area contributed by atoms with Crippen molar-refractivity contribution in [2.75, 3.05) is 109 Å². The summed E-state index contributed by atoms with van der Waals surface area (Å²) in [5.41, 5.74) is 42.9. The third-order valence-electron chi connectivity index (χ3n) is 30.1. The van der Waals surface area contributed by atoms with Crippen molar-refractivity contribution in [2.45, 2.75) is 193 Å². The molecule has 6 saturated heterocycles. The zero-order valence-corrected chi connectivity index (χ0v) is 77.4. The van der Waals surface area contributed by atoms with Gasteiger partial charge in [0.25, 0.3) is 22.2 Å². The van der Waals surface area contributed by atoms with Gasteiger partial charge in [-0.25, -0.2) is 39.9 Å². The Bertz CT molecular complexity index is 5960. The summed E-state index contributed by atoms with van der Waals surface area (Å²) in [5, 5.41) is 8.01. The second-order valence-electron chi connectivity index (χ2n) is 37.9. The van der Waals surface area contributed by atoms with Gasteiger partial charge in [-0.3, -0.25) is 57.4 Å². The van der Waals surface area contributed by atoms with Crippen molar-refractivity contribution < 1.29 is 9.47 Å². The van der Waals surface area contributed by atoms with Crippen molar-refractivity contribution in [1.82, 2.24) is 58.1 Å². The lowest BCUT2D eigenvalue weighted by atomic mass is 9.73. The van der Waals surface area contributed by atoms with Gasteiger partial charge in [0.05, 0.1) is 135 Å². The minimum atomic E-state index is -0.117. The van der Waals surface area contributed by atoms with Crippen molar-refractivity contribution >= 4 is 110 Å². The number of nitrogens with zero attached hydrogens (tertiary/aromatic N) is 20. The summed E-state index contributed by atoms with van der Waals surface area (Å²) in [5.74, 6) is 5.61. The van der Waals surface area contributed by atoms with E-state index in [0.717, 1.165) is 158 Å². The quantitative estimate of drug-likeness (QED) is 0.0596. The second-order valence-corrected chi connectivity index (χ2v) is 39.4. The number of ether oxygens (including phenoxy) is 2. The van der Waals surface area contributed by atoms with Crippen molar-refractivity contribution in [2.24, 2.45) is 105 Å². The highest BCUT2D eigenvalue weighted by Crippen LogP contribution is 2.51. The fourth-order valence-electron chi connectivity index (χ4n) is 22.2. The van der Waals surface area contributed by atoms with E-state index >= 15 is 0 Å². The molecule has 678 valence electrons. The first-order chi connectivity index (χ1) is 61.3. The van der Waals surface area contributed by atoms with E-state index in [1.54, 1.807) is 90.4 Å². The van der Waals surface area contributed by atoms with Gasteiger partial charge in [-0.05, 0) is 163 Å². The first-order valence-corrected chi connectivity index (χ1v) is 46.5. The van der Waals surface area contributed by atoms with Crippen LogP contribution < -0.4 is 81.1 Å². The number of pyridine rings is 4. The van der Waals surface area contributed by atoms with Gasteiger partial charge in [-0.1, -0.05) is 60.3 Å². The number of halogens is 4. The fraction of sp³-hybridized carbons (Fsp3) is 0.560. The summed E-state index contributed by atoms with van der Waals surface area (Å²) in [4.78, 5) is 117. The summed E-state index contributed by atoms with van der Waals surface area (Å²) in [6.07, 6.45) is 21.5. The van der Waals surface area contributed by atoms with Crippen LogP contribution in [0.5, 0.6) is 0 Å². The maximum absolute atomic E-state index is 13.5. The van der Waals surface area contributed by atoms with E-state index in [0.29, 0.717) is 180 Å². The highest BCUT2D eigenvalue weighted by atomic mass is 35.5. The largest absolute Gasteiger partial charge is 0.382 e. The van der Waals surface area contributed by atoms with Crippen LogP contribution in [0.25, 0.3) is 0 Å². The van der Waals surface area contributed by atoms with Crippen LogP contribution in [0, 0.1) is 40.4 Å². The highest BCUT2D eigenvalue weighted by Gasteiger charge is 2.52. The van der Waals surface area contributed by atoms with E-state index in [9.17, 15) is 19.2 Å². The summed E-state index contributed by atoms with van der Waals surface area (Å²) < 4.78 is 18.3. The number of piperidine rings is 4. The molecule has 18 heterocycles. The molecule has 0 radical (unpaired) electrons. The first kappa shape index (κ1) is 88.9. The predicted molar refractivity (Wildman–Crippen MR) is 503 cm³/mol. The number of aliphatic imine (C=N–C) groups is 4. The Kier molecular flexibility index (Phi) is 24.2. The molecule has 0 amide bonds. The number of aromatic nitrogens is 12. The molecular formula is C91H115Cl4N27O6. The minimum absolute atomic E-state index is 0.0199. The minimum Gasteiger partial charge on any atom is -0.382 e. The fourth-order valence-corrected chi connectivity index (χ4v) is 23.1. The van der Waals surface area contributed by atoms with Gasteiger partial charge in [0.2, 0.25) is 23.8 Å². The zero-order valence-electron chi connectivity index (χ0n) is 74.4. The molecule has 33 nitrogen and oxygen atoms in total. The van der Waals surface area contributed by atoms with Gasteiger partial charge in [0.1, 0.15) is 22.6 Å². The third-order valence-corrected chi connectivity index (χ3v) is 31.7. The molecule has 4 spiro atoms. The third kappa shape index (κ3) is 15.8. The molecule has 0 aromatic carbocycles. The van der Waals surface area contributed by atoms with Gasteiger partial charge in [-0.15, -0.1) is 0 Å². The number of rotatable bonds is 11. The molecule has 3 aliphatic carbocycles. The smallest absolute Gasteiger partial charge is 0.264 e. The van der Waals surface area contributed by atoms with E-state index in [2.05, 4.69) is 90.9 Å². The number of hydrogen-bond acceptors (Lipinski definition) is 29. The highest BCUT2D eigenvalue weighted by molar-refractivity contribution is 6.39. The van der Waals surface area contributed by atoms with Crippen LogP contribution >= 0.6 is 46.4 Å². The van der Waals surface area contributed by atoms with Crippen LogP contribution in [-0.2, 0) is 63.8 Å². The summed E-state index contributed by atoms with van der Waals surface area (Å²) in [6, 6.07) is 8.27. The van der Waals surface area contributed by atoms with E-state index in [-0.39, 0.29) is 86.1 Å². The van der Waals surface area contributed by atoms with Crippen LogP contribution in [0.15, 0.2) is 88.2 Å². The summed E-state index contributed by atoms with van der Waals surface area (Å²) in [7, 11) is 8.90. The lowest BCUT2D eigenvalue weighted by Crippen LogP contribution is -2.51. The van der Waals surface area contributed by atoms with Gasteiger partial charge in [-0.2, -0.15) is 0 Å². The van der Waals surface area contributed by atoms with Crippen LogP contribution in [0.3, 0.4) is 0 Å². The van der Waals surface area contributed by atoms with Crippen LogP contribution in [0.1, 0.15) is 190 Å². The number of nitrogens with one attached hydrogen (secondary N) is 2. The molecule has 0 unspecified atom stereocenters. The Labute approximate surface area is 763 Å². The Hall–Kier alpha value is -9.68. The van der Waals surface area contributed by atoms with Crippen molar-refractivity contribution in [3.63, 3.8) is 0 Å². The Morgan fingerprint density at radius 2 is 0.742 bits per heavy atom. The number of anilines is 7. The van der Waals surface area contributed by atoms with E-state index < -0.39 is 0 Å². The molecule has 128 heavy (non-hydrogen) atoms. The van der Waals surface area contributed by atoms with Crippen LogP contribution in [-0.4, -0.2) is 196 Å². The van der Waals surface area contributed by atoms with Gasteiger partial charge < -0.3 is 68.4 Å². The zero-order chi connectivity index (χ0) is 90.1. The predicted octanol–water partition coefficient (Wildman–Crippen LogP) is 8.58. The van der Waals surface area contributed by atoms with Gasteiger partial charge in [0, 0.05) is 176 Å². The molecule has 12 N–H and O–H groups in total. The van der Waals surface area contributed by atoms with Crippen LogP contribution in [0.4, 0.5) is 41.2 Å². The summed E-state index contributed by atoms with van der Waals surface area (Å²) >= 11 is 25.8. The molecule has 10 aliphatic heterocycles. The molecule has 8 atom stereocenters. The molecule has 8 aromatic heterocycles. The second kappa shape index (κ2) is 34.9. The lowest BCUT2D eigenvalue weighted by Gasteiger charge is -2.42. The monoisotopic (exact) mass is 1820 g/mol.